The fourth-order valence-corrected chi connectivity index (χ4v) is 9.57. The molecule has 0 N–H and O–H groups in total. The highest BCUT2D eigenvalue weighted by Crippen LogP contribution is 2.38. The van der Waals surface area contributed by atoms with Crippen molar-refractivity contribution in [2.75, 3.05) is 47.5 Å². The smallest absolute Gasteiger partial charge is 0.306 e. The molecule has 10 heteroatoms. The van der Waals surface area contributed by atoms with Gasteiger partial charge < -0.3 is 27.9 Å². The Morgan fingerprint density at radius 2 is 0.672 bits per heavy atom. The van der Waals surface area contributed by atoms with Crippen LogP contribution in [0, 0.1) is 0 Å². The topological polar surface area (TPSA) is 111 Å². The highest BCUT2D eigenvalue weighted by atomic mass is 31.2. The van der Waals surface area contributed by atoms with Crippen LogP contribution in [0.25, 0.3) is 0 Å². The predicted molar refractivity (Wildman–Crippen MR) is 282 cm³/mol. The second kappa shape index (κ2) is 50.0. The molecule has 0 heterocycles. The third-order valence-corrected chi connectivity index (χ3v) is 14.3. The van der Waals surface area contributed by atoms with Crippen LogP contribution in [-0.4, -0.2) is 70.0 Å². The van der Waals surface area contributed by atoms with Gasteiger partial charge in [0.15, 0.2) is 6.10 Å². The molecule has 0 fully saturated rings. The van der Waals surface area contributed by atoms with Crippen LogP contribution in [0.2, 0.25) is 0 Å². The van der Waals surface area contributed by atoms with Gasteiger partial charge in [0.25, 0.3) is 7.82 Å². The summed E-state index contributed by atoms with van der Waals surface area (Å²) >= 11 is 0. The Morgan fingerprint density at radius 1 is 0.403 bits per heavy atom. The Bertz CT molecular complexity index is 1100. The Labute approximate surface area is 416 Å². The van der Waals surface area contributed by atoms with Crippen molar-refractivity contribution in [1.82, 2.24) is 0 Å². The van der Waals surface area contributed by atoms with Crippen LogP contribution in [-0.2, 0) is 32.7 Å². The Balaban J connectivity index is 4.09. The molecule has 0 spiro atoms. The first-order valence-corrected chi connectivity index (χ1v) is 30.7. The molecule has 0 aromatic carbocycles. The molecule has 400 valence electrons. The van der Waals surface area contributed by atoms with Crippen molar-refractivity contribution in [1.29, 1.82) is 0 Å². The van der Waals surface area contributed by atoms with Gasteiger partial charge >= 0.3 is 11.9 Å². The maximum absolute atomic E-state index is 12.8. The van der Waals surface area contributed by atoms with Gasteiger partial charge in [-0.15, -0.1) is 0 Å². The molecule has 0 rings (SSSR count). The number of ether oxygens (including phenoxy) is 2. The number of rotatable bonds is 55. The molecular formula is C57H114NO8P. The number of unbranched alkanes of at least 4 members (excludes halogenated alkanes) is 41. The Morgan fingerprint density at radius 3 is 0.955 bits per heavy atom. The minimum absolute atomic E-state index is 0.0251. The van der Waals surface area contributed by atoms with E-state index in [1.54, 1.807) is 0 Å². The second-order valence-electron chi connectivity index (χ2n) is 21.4. The zero-order chi connectivity index (χ0) is 49.2. The number of nitrogens with zero attached hydrogens (tertiary/aromatic N) is 1. The summed E-state index contributed by atoms with van der Waals surface area (Å²) in [4.78, 5) is 37.8. The first-order valence-electron chi connectivity index (χ1n) is 29.2. The number of quaternary nitrogens is 1. The van der Waals surface area contributed by atoms with Gasteiger partial charge in [0.05, 0.1) is 27.7 Å². The molecule has 2 unspecified atom stereocenters. The number of likely N-dealkylation sites (N-methyl/N-ethyl adjacent to an activating group) is 1. The highest BCUT2D eigenvalue weighted by Gasteiger charge is 2.22. The molecule has 0 aromatic heterocycles. The highest BCUT2D eigenvalue weighted by molar-refractivity contribution is 7.45. The number of phosphoric ester groups is 1. The lowest BCUT2D eigenvalue weighted by Crippen LogP contribution is -2.37. The molecule has 0 amide bonds. The molecule has 0 bridgehead atoms. The summed E-state index contributed by atoms with van der Waals surface area (Å²) in [5.41, 5.74) is 0. The summed E-state index contributed by atoms with van der Waals surface area (Å²) in [7, 11) is 1.19. The summed E-state index contributed by atoms with van der Waals surface area (Å²) < 4.78 is 34.2. The number of carbonyl (C=O) groups is 2. The van der Waals surface area contributed by atoms with E-state index in [4.69, 9.17) is 18.5 Å². The number of phosphoric acid groups is 1. The van der Waals surface area contributed by atoms with Gasteiger partial charge in [-0.25, -0.2) is 0 Å². The first kappa shape index (κ1) is 66.0. The molecule has 0 radical (unpaired) electrons. The molecule has 0 saturated heterocycles. The van der Waals surface area contributed by atoms with E-state index >= 15 is 0 Å². The lowest BCUT2D eigenvalue weighted by Gasteiger charge is -2.28. The average Bonchev–Trinajstić information content (AvgIpc) is 3.29. The van der Waals surface area contributed by atoms with Gasteiger partial charge in [-0.05, 0) is 12.8 Å². The van der Waals surface area contributed by atoms with E-state index in [2.05, 4.69) is 13.8 Å². The van der Waals surface area contributed by atoms with Crippen molar-refractivity contribution in [3.63, 3.8) is 0 Å². The zero-order valence-corrected chi connectivity index (χ0v) is 46.3. The van der Waals surface area contributed by atoms with Crippen molar-refractivity contribution in [3.8, 4) is 0 Å². The van der Waals surface area contributed by atoms with Gasteiger partial charge in [-0.2, -0.15) is 0 Å². The third-order valence-electron chi connectivity index (χ3n) is 13.4. The summed E-state index contributed by atoms with van der Waals surface area (Å²) in [5, 5.41) is 0. The monoisotopic (exact) mass is 972 g/mol. The number of carbonyl (C=O) groups excluding carboxylic acids is 2. The maximum atomic E-state index is 12.8. The van der Waals surface area contributed by atoms with Crippen molar-refractivity contribution >= 4 is 19.8 Å². The van der Waals surface area contributed by atoms with Crippen LogP contribution in [0.1, 0.15) is 303 Å². The lowest BCUT2D eigenvalue weighted by molar-refractivity contribution is -0.870. The van der Waals surface area contributed by atoms with Gasteiger partial charge in [0, 0.05) is 12.8 Å². The minimum Gasteiger partial charge on any atom is -0.756 e. The van der Waals surface area contributed by atoms with E-state index in [9.17, 15) is 19.0 Å². The summed E-state index contributed by atoms with van der Waals surface area (Å²) in [6, 6.07) is 0. The molecule has 0 saturated carbocycles. The van der Waals surface area contributed by atoms with Crippen LogP contribution in [0.15, 0.2) is 0 Å². The molecule has 0 aliphatic heterocycles. The summed E-state index contributed by atoms with van der Waals surface area (Å²) in [5.74, 6) is -0.809. The van der Waals surface area contributed by atoms with Gasteiger partial charge in [0.2, 0.25) is 0 Å². The minimum atomic E-state index is -4.63. The first-order chi connectivity index (χ1) is 32.5. The van der Waals surface area contributed by atoms with Crippen LogP contribution in [0.4, 0.5) is 0 Å². The fourth-order valence-electron chi connectivity index (χ4n) is 8.84. The zero-order valence-electron chi connectivity index (χ0n) is 45.4. The molecule has 9 nitrogen and oxygen atoms in total. The van der Waals surface area contributed by atoms with Crippen molar-refractivity contribution in [3.05, 3.63) is 0 Å². The second-order valence-corrected chi connectivity index (χ2v) is 22.8. The third kappa shape index (κ3) is 54.2. The standard InChI is InChI=1S/C57H114NO8P/c1-6-8-10-12-14-16-18-20-22-24-26-27-28-29-30-31-32-34-36-38-40-42-44-46-48-50-57(60)66-55(54-65-67(61,62)64-52-51-58(3,4)5)53-63-56(59)49-47-45-43-41-39-37-35-33-25-23-21-19-17-15-13-11-9-7-2/h55H,6-54H2,1-5H3. The molecule has 67 heavy (non-hydrogen) atoms. The Kier molecular flexibility index (Phi) is 49.2. The summed E-state index contributed by atoms with van der Waals surface area (Å²) in [6.07, 6.45) is 55.8. The van der Waals surface area contributed by atoms with Crippen molar-refractivity contribution in [2.45, 2.75) is 309 Å². The number of hydrogen-bond donors (Lipinski definition) is 0. The summed E-state index contributed by atoms with van der Waals surface area (Å²) in [6.45, 7) is 4.31. The van der Waals surface area contributed by atoms with E-state index in [1.165, 1.54) is 238 Å². The van der Waals surface area contributed by atoms with E-state index in [0.717, 1.165) is 32.1 Å². The van der Waals surface area contributed by atoms with Gasteiger partial charge in [0.1, 0.15) is 19.8 Å². The van der Waals surface area contributed by atoms with Crippen LogP contribution < -0.4 is 4.89 Å². The van der Waals surface area contributed by atoms with Gasteiger partial charge in [-0.1, -0.05) is 277 Å². The molecular weight excluding hydrogens is 858 g/mol. The van der Waals surface area contributed by atoms with Crippen molar-refractivity contribution in [2.24, 2.45) is 0 Å². The maximum Gasteiger partial charge on any atom is 0.306 e. The number of hydrogen-bond acceptors (Lipinski definition) is 8. The van der Waals surface area contributed by atoms with E-state index in [1.807, 2.05) is 21.1 Å². The van der Waals surface area contributed by atoms with E-state index < -0.39 is 26.5 Å². The normalized spacial score (nSPS) is 13.2. The predicted octanol–water partition coefficient (Wildman–Crippen LogP) is 17.2. The van der Waals surface area contributed by atoms with E-state index in [-0.39, 0.29) is 32.0 Å². The molecule has 0 aliphatic carbocycles. The quantitative estimate of drug-likeness (QED) is 0.0256. The van der Waals surface area contributed by atoms with Crippen LogP contribution in [0.5, 0.6) is 0 Å². The number of esters is 2. The molecule has 2 atom stereocenters. The van der Waals surface area contributed by atoms with Crippen molar-refractivity contribution < 1.29 is 42.1 Å². The molecule has 0 aromatic rings. The lowest BCUT2D eigenvalue weighted by atomic mass is 10.0. The largest absolute Gasteiger partial charge is 0.756 e. The van der Waals surface area contributed by atoms with Crippen LogP contribution >= 0.6 is 7.82 Å². The molecule has 0 aliphatic rings. The Hall–Kier alpha value is -0.990. The van der Waals surface area contributed by atoms with Crippen LogP contribution in [0.3, 0.4) is 0 Å². The fraction of sp³-hybridized carbons (Fsp3) is 0.965. The van der Waals surface area contributed by atoms with Gasteiger partial charge in [-0.3, -0.25) is 14.2 Å². The van der Waals surface area contributed by atoms with E-state index in [0.29, 0.717) is 17.4 Å². The SMILES string of the molecule is CCCCCCCCCCCCCCCCCCCCCCCCCCCC(=O)OC(COC(=O)CCCCCCCCCCCCCCCCCCCC)COP(=O)([O-])OCC[N+](C)(C)C. The average molecular weight is 973 g/mol.